The Balaban J connectivity index is 1.80. The van der Waals surface area contributed by atoms with Crippen LogP contribution in [0, 0.1) is 17.0 Å². The van der Waals surface area contributed by atoms with Gasteiger partial charge in [0.25, 0.3) is 0 Å². The highest BCUT2D eigenvalue weighted by Crippen LogP contribution is 2.51. The smallest absolute Gasteiger partial charge is 0.191 e. The Labute approximate surface area is 118 Å². The van der Waals surface area contributed by atoms with E-state index in [1.165, 1.54) is 31.0 Å². The molecule has 2 saturated carbocycles. The minimum absolute atomic E-state index is 0.0782. The summed E-state index contributed by atoms with van der Waals surface area (Å²) in [5.41, 5.74) is 6.13. The number of rotatable bonds is 2. The second kappa shape index (κ2) is 5.32. The van der Waals surface area contributed by atoms with Crippen LogP contribution in [-0.4, -0.2) is 12.1 Å². The maximum atomic E-state index is 13.7. The molecule has 110 valence electrons. The number of benzene rings is 1. The number of ether oxygens (including phenoxy) is 1. The molecule has 2 nitrogen and oxygen atoms in total. The summed E-state index contributed by atoms with van der Waals surface area (Å²) in [6.45, 7) is 0. The minimum Gasteiger partial charge on any atom is -0.484 e. The van der Waals surface area contributed by atoms with Crippen molar-refractivity contribution in [2.75, 3.05) is 0 Å². The van der Waals surface area contributed by atoms with Crippen LogP contribution in [-0.2, 0) is 0 Å². The molecule has 0 saturated heterocycles. The lowest BCUT2D eigenvalue weighted by atomic mass is 9.58. The highest BCUT2D eigenvalue weighted by atomic mass is 19.1. The topological polar surface area (TPSA) is 35.2 Å². The van der Waals surface area contributed by atoms with Crippen LogP contribution in [0.3, 0.4) is 0 Å². The summed E-state index contributed by atoms with van der Waals surface area (Å²) < 4.78 is 33.1. The first-order valence-corrected chi connectivity index (χ1v) is 7.50. The molecule has 0 bridgehead atoms. The van der Waals surface area contributed by atoms with Crippen LogP contribution in [0.2, 0.25) is 0 Å². The maximum Gasteiger partial charge on any atom is 0.191 e. The molecule has 1 spiro atoms. The van der Waals surface area contributed by atoms with Gasteiger partial charge in [0.05, 0.1) is 0 Å². The SMILES string of the molecule is NC1CC(Oc2c(F)cccc2F)C12CCCCCC2. The van der Waals surface area contributed by atoms with Gasteiger partial charge in [-0.15, -0.1) is 0 Å². The maximum absolute atomic E-state index is 13.7. The van der Waals surface area contributed by atoms with E-state index >= 15 is 0 Å². The van der Waals surface area contributed by atoms with Crippen molar-refractivity contribution < 1.29 is 13.5 Å². The van der Waals surface area contributed by atoms with Gasteiger partial charge in [-0.25, -0.2) is 8.78 Å². The van der Waals surface area contributed by atoms with E-state index in [4.69, 9.17) is 10.5 Å². The average Bonchev–Trinajstić information content (AvgIpc) is 2.69. The summed E-state index contributed by atoms with van der Waals surface area (Å²) >= 11 is 0. The van der Waals surface area contributed by atoms with Crippen molar-refractivity contribution in [1.82, 2.24) is 0 Å². The molecule has 1 aromatic rings. The third-order valence-corrected chi connectivity index (χ3v) is 5.06. The molecule has 0 aliphatic heterocycles. The van der Waals surface area contributed by atoms with Gasteiger partial charge in [-0.2, -0.15) is 0 Å². The fourth-order valence-corrected chi connectivity index (χ4v) is 3.76. The Morgan fingerprint density at radius 1 is 1.05 bits per heavy atom. The molecule has 3 rings (SSSR count). The summed E-state index contributed by atoms with van der Waals surface area (Å²) in [5, 5.41) is 0. The monoisotopic (exact) mass is 281 g/mol. The van der Waals surface area contributed by atoms with Crippen LogP contribution >= 0.6 is 0 Å². The van der Waals surface area contributed by atoms with Crippen LogP contribution < -0.4 is 10.5 Å². The van der Waals surface area contributed by atoms with E-state index in [1.807, 2.05) is 0 Å². The van der Waals surface area contributed by atoms with Gasteiger partial charge >= 0.3 is 0 Å². The molecular weight excluding hydrogens is 260 g/mol. The summed E-state index contributed by atoms with van der Waals surface area (Å²) in [4.78, 5) is 0. The third kappa shape index (κ3) is 2.20. The van der Waals surface area contributed by atoms with E-state index in [1.54, 1.807) is 0 Å². The largest absolute Gasteiger partial charge is 0.484 e. The Hall–Kier alpha value is -1.16. The fourth-order valence-electron chi connectivity index (χ4n) is 3.76. The van der Waals surface area contributed by atoms with Crippen molar-refractivity contribution in [3.8, 4) is 5.75 Å². The predicted octanol–water partition coefficient (Wildman–Crippen LogP) is 3.78. The van der Waals surface area contributed by atoms with E-state index < -0.39 is 11.6 Å². The average molecular weight is 281 g/mol. The van der Waals surface area contributed by atoms with Crippen LogP contribution in [0.4, 0.5) is 8.78 Å². The number of para-hydroxylation sites is 1. The Kier molecular flexibility index (Phi) is 3.67. The fraction of sp³-hybridized carbons (Fsp3) is 0.625. The lowest BCUT2D eigenvalue weighted by Gasteiger charge is -2.54. The molecule has 2 atom stereocenters. The first-order chi connectivity index (χ1) is 9.63. The van der Waals surface area contributed by atoms with Crippen molar-refractivity contribution in [3.63, 3.8) is 0 Å². The highest BCUT2D eigenvalue weighted by Gasteiger charge is 2.54. The molecule has 20 heavy (non-hydrogen) atoms. The van der Waals surface area contributed by atoms with E-state index in [0.29, 0.717) is 6.42 Å². The van der Waals surface area contributed by atoms with Gasteiger partial charge in [0.15, 0.2) is 17.4 Å². The molecule has 0 heterocycles. The summed E-state index contributed by atoms with van der Waals surface area (Å²) in [5.74, 6) is -1.50. The van der Waals surface area contributed by atoms with E-state index in [9.17, 15) is 8.78 Å². The zero-order chi connectivity index (χ0) is 14.2. The molecule has 0 amide bonds. The van der Waals surface area contributed by atoms with Crippen molar-refractivity contribution in [2.45, 2.75) is 57.1 Å². The molecule has 2 fully saturated rings. The van der Waals surface area contributed by atoms with E-state index in [-0.39, 0.29) is 23.3 Å². The Morgan fingerprint density at radius 3 is 2.20 bits per heavy atom. The molecule has 2 unspecified atom stereocenters. The Bertz CT molecular complexity index is 463. The number of hydrogen-bond acceptors (Lipinski definition) is 2. The predicted molar refractivity (Wildman–Crippen MR) is 73.5 cm³/mol. The minimum atomic E-state index is -0.630. The molecule has 4 heteroatoms. The lowest BCUT2D eigenvalue weighted by Crippen LogP contribution is -2.63. The molecule has 0 aromatic heterocycles. The van der Waals surface area contributed by atoms with Crippen molar-refractivity contribution in [3.05, 3.63) is 29.8 Å². The van der Waals surface area contributed by atoms with E-state index in [2.05, 4.69) is 0 Å². The number of hydrogen-bond donors (Lipinski definition) is 1. The second-order valence-corrected chi connectivity index (χ2v) is 6.15. The Morgan fingerprint density at radius 2 is 1.65 bits per heavy atom. The summed E-state index contributed by atoms with van der Waals surface area (Å²) in [6.07, 6.45) is 7.25. The van der Waals surface area contributed by atoms with Gasteiger partial charge in [0.1, 0.15) is 6.10 Å². The van der Waals surface area contributed by atoms with E-state index in [0.717, 1.165) is 25.7 Å². The standard InChI is InChI=1S/C16H21F2NO/c17-11-6-5-7-12(18)15(11)20-14-10-13(19)16(14)8-3-1-2-4-9-16/h5-7,13-14H,1-4,8-10,19H2. The second-order valence-electron chi connectivity index (χ2n) is 6.15. The molecule has 2 aliphatic rings. The molecule has 0 radical (unpaired) electrons. The number of halogens is 2. The summed E-state index contributed by atoms with van der Waals surface area (Å²) in [6, 6.07) is 3.92. The van der Waals surface area contributed by atoms with Crippen LogP contribution in [0.25, 0.3) is 0 Å². The quantitative estimate of drug-likeness (QED) is 0.895. The first-order valence-electron chi connectivity index (χ1n) is 7.50. The van der Waals surface area contributed by atoms with Crippen LogP contribution in [0.15, 0.2) is 18.2 Å². The van der Waals surface area contributed by atoms with Crippen LogP contribution in [0.1, 0.15) is 44.9 Å². The first kappa shape index (κ1) is 13.8. The van der Waals surface area contributed by atoms with Gasteiger partial charge in [-0.1, -0.05) is 31.7 Å². The highest BCUT2D eigenvalue weighted by molar-refractivity contribution is 5.27. The van der Waals surface area contributed by atoms with Gasteiger partial charge in [0, 0.05) is 17.9 Å². The van der Waals surface area contributed by atoms with Crippen molar-refractivity contribution in [1.29, 1.82) is 0 Å². The zero-order valence-electron chi connectivity index (χ0n) is 11.6. The molecule has 1 aromatic carbocycles. The van der Waals surface area contributed by atoms with Gasteiger partial charge in [0.2, 0.25) is 0 Å². The van der Waals surface area contributed by atoms with Crippen molar-refractivity contribution in [2.24, 2.45) is 11.1 Å². The molecular formula is C16H21F2NO. The third-order valence-electron chi connectivity index (χ3n) is 5.06. The molecule has 2 aliphatic carbocycles. The van der Waals surface area contributed by atoms with Crippen molar-refractivity contribution >= 4 is 0 Å². The zero-order valence-corrected chi connectivity index (χ0v) is 11.6. The normalized spacial score (nSPS) is 28.8. The van der Waals surface area contributed by atoms with Crippen LogP contribution in [0.5, 0.6) is 5.75 Å². The summed E-state index contributed by atoms with van der Waals surface area (Å²) in [7, 11) is 0. The number of nitrogens with two attached hydrogens (primary N) is 1. The van der Waals surface area contributed by atoms with Gasteiger partial charge in [-0.3, -0.25) is 0 Å². The molecule has 2 N–H and O–H groups in total. The van der Waals surface area contributed by atoms with Gasteiger partial charge in [-0.05, 0) is 25.0 Å². The van der Waals surface area contributed by atoms with Gasteiger partial charge < -0.3 is 10.5 Å². The lowest BCUT2D eigenvalue weighted by molar-refractivity contribution is -0.0800.